The van der Waals surface area contributed by atoms with Crippen LogP contribution in [0.25, 0.3) is 0 Å². The lowest BCUT2D eigenvalue weighted by molar-refractivity contribution is -0.141. The van der Waals surface area contributed by atoms with E-state index in [0.717, 1.165) is 57.8 Å². The summed E-state index contributed by atoms with van der Waals surface area (Å²) in [6, 6.07) is 2.04. The first-order valence-electron chi connectivity index (χ1n) is 22.7. The van der Waals surface area contributed by atoms with Gasteiger partial charge < -0.3 is 35.9 Å². The molecule has 2 saturated carbocycles. The number of imidazole rings is 1. The Bertz CT molecular complexity index is 1940. The minimum Gasteiger partial charge on any atom is -0.449 e. The molecule has 0 bridgehead atoms. The minimum absolute atomic E-state index is 0.0474. The van der Waals surface area contributed by atoms with Crippen molar-refractivity contribution in [1.29, 1.82) is 0 Å². The molecule has 2 aliphatic rings. The molecule has 2 fully saturated rings. The van der Waals surface area contributed by atoms with Gasteiger partial charge >= 0.3 is 6.09 Å². The van der Waals surface area contributed by atoms with Crippen LogP contribution in [0.1, 0.15) is 136 Å². The molecule has 4 atom stereocenters. The number of hydrogen-bond donors (Lipinski definition) is 6. The molecule has 1 aromatic carbocycles. The number of carbonyl (C=O) groups is 6. The summed E-state index contributed by atoms with van der Waals surface area (Å²) in [5, 5.41) is 13.4. The van der Waals surface area contributed by atoms with Crippen molar-refractivity contribution in [3.8, 4) is 0 Å². The van der Waals surface area contributed by atoms with Gasteiger partial charge in [0.25, 0.3) is 5.91 Å². The van der Waals surface area contributed by atoms with Gasteiger partial charge in [-0.25, -0.2) is 22.9 Å². The van der Waals surface area contributed by atoms with Crippen molar-refractivity contribution in [3.05, 3.63) is 48.0 Å². The van der Waals surface area contributed by atoms with Gasteiger partial charge in [-0.15, -0.1) is 0 Å². The number of hydrogen-bond acceptors (Lipinski definition) is 10. The van der Waals surface area contributed by atoms with E-state index in [2.05, 4.69) is 36.3 Å². The van der Waals surface area contributed by atoms with Gasteiger partial charge in [0.1, 0.15) is 23.9 Å². The molecule has 63 heavy (non-hydrogen) atoms. The van der Waals surface area contributed by atoms with Crippen LogP contribution in [0.15, 0.2) is 41.6 Å². The van der Waals surface area contributed by atoms with Gasteiger partial charge in [-0.3, -0.25) is 24.0 Å². The molecule has 5 amide bonds. The summed E-state index contributed by atoms with van der Waals surface area (Å²) >= 11 is 0. The highest BCUT2D eigenvalue weighted by Crippen LogP contribution is 2.28. The SMILES string of the molecule is CCCC(NC(=O)C(CC(C)C)NC(=O)C(NC(=O)OCC(C)C)C1CCCCC1)C(=O)C(=O)NCC(=O)NC(c1ccc(S(=O)(=O)NCC2CCCCC2)cc1)c1nccn1C. The van der Waals surface area contributed by atoms with Crippen LogP contribution >= 0.6 is 0 Å². The molecule has 2 aliphatic carbocycles. The number of benzene rings is 1. The van der Waals surface area contributed by atoms with Crippen molar-refractivity contribution in [2.45, 2.75) is 147 Å². The van der Waals surface area contributed by atoms with Crippen molar-refractivity contribution in [1.82, 2.24) is 40.9 Å². The zero-order valence-electron chi connectivity index (χ0n) is 37.9. The van der Waals surface area contributed by atoms with E-state index in [1.165, 1.54) is 18.6 Å². The number of amides is 5. The van der Waals surface area contributed by atoms with Crippen LogP contribution in [-0.4, -0.2) is 91.3 Å². The van der Waals surface area contributed by atoms with E-state index in [9.17, 15) is 37.2 Å². The van der Waals surface area contributed by atoms with E-state index >= 15 is 0 Å². The highest BCUT2D eigenvalue weighted by atomic mass is 32.2. The van der Waals surface area contributed by atoms with Crippen molar-refractivity contribution >= 4 is 45.5 Å². The Morgan fingerprint density at radius 2 is 1.44 bits per heavy atom. The number of nitrogens with zero attached hydrogens (tertiary/aromatic N) is 2. The van der Waals surface area contributed by atoms with Crippen LogP contribution in [-0.2, 0) is 45.8 Å². The number of aryl methyl sites for hydroxylation is 1. The number of sulfonamides is 1. The molecule has 0 aliphatic heterocycles. The maximum Gasteiger partial charge on any atom is 0.407 e. The smallest absolute Gasteiger partial charge is 0.407 e. The third-order valence-corrected chi connectivity index (χ3v) is 13.1. The number of aromatic nitrogens is 2. The topological polar surface area (TPSA) is 236 Å². The molecule has 0 radical (unpaired) electrons. The Hall–Kier alpha value is -4.84. The van der Waals surface area contributed by atoms with Crippen molar-refractivity contribution in [2.75, 3.05) is 19.7 Å². The Balaban J connectivity index is 1.39. The normalized spacial score (nSPS) is 17.0. The predicted molar refractivity (Wildman–Crippen MR) is 237 cm³/mol. The summed E-state index contributed by atoms with van der Waals surface area (Å²) in [5.74, 6) is -3.23. The molecule has 4 rings (SSSR count). The number of nitrogens with one attached hydrogen (secondary N) is 6. The molecule has 1 heterocycles. The molecule has 17 nitrogen and oxygen atoms in total. The predicted octanol–water partition coefficient (Wildman–Crippen LogP) is 4.32. The van der Waals surface area contributed by atoms with Gasteiger partial charge in [-0.2, -0.15) is 0 Å². The molecule has 6 N–H and O–H groups in total. The van der Waals surface area contributed by atoms with Crippen LogP contribution in [0.5, 0.6) is 0 Å². The van der Waals surface area contributed by atoms with Crippen LogP contribution < -0.4 is 31.3 Å². The summed E-state index contributed by atoms with van der Waals surface area (Å²) in [7, 11) is -2.02. The fourth-order valence-corrected chi connectivity index (χ4v) is 9.30. The maximum atomic E-state index is 13.8. The van der Waals surface area contributed by atoms with E-state index in [-0.39, 0.29) is 42.1 Å². The van der Waals surface area contributed by atoms with Gasteiger partial charge in [0.2, 0.25) is 33.5 Å². The van der Waals surface area contributed by atoms with Gasteiger partial charge in [0, 0.05) is 26.0 Å². The fraction of sp³-hybridized carbons (Fsp3) is 0.667. The van der Waals surface area contributed by atoms with Crippen LogP contribution in [0.3, 0.4) is 0 Å². The van der Waals surface area contributed by atoms with Crippen LogP contribution in [0.4, 0.5) is 4.79 Å². The summed E-state index contributed by atoms with van der Waals surface area (Å²) in [6.45, 7) is 9.34. The molecule has 18 heteroatoms. The lowest BCUT2D eigenvalue weighted by Gasteiger charge is -2.31. The Labute approximate surface area is 372 Å². The summed E-state index contributed by atoms with van der Waals surface area (Å²) < 4.78 is 36.0. The number of ketones is 1. The minimum atomic E-state index is -3.76. The summed E-state index contributed by atoms with van der Waals surface area (Å²) in [6.07, 6.45) is 13.0. The van der Waals surface area contributed by atoms with E-state index in [0.29, 0.717) is 30.3 Å². The Kier molecular flexibility index (Phi) is 20.0. The average Bonchev–Trinajstić information content (AvgIpc) is 3.69. The van der Waals surface area contributed by atoms with Crippen molar-refractivity contribution in [3.63, 3.8) is 0 Å². The van der Waals surface area contributed by atoms with E-state index < -0.39 is 76.2 Å². The van der Waals surface area contributed by atoms with Gasteiger partial charge in [0.15, 0.2) is 0 Å². The van der Waals surface area contributed by atoms with Crippen molar-refractivity contribution in [2.24, 2.45) is 30.7 Å². The highest BCUT2D eigenvalue weighted by Gasteiger charge is 2.36. The third kappa shape index (κ3) is 16.0. The van der Waals surface area contributed by atoms with Crippen LogP contribution in [0.2, 0.25) is 0 Å². The van der Waals surface area contributed by atoms with Gasteiger partial charge in [0.05, 0.1) is 24.1 Å². The second kappa shape index (κ2) is 24.9. The number of carbonyl (C=O) groups excluding carboxylic acids is 6. The molecule has 350 valence electrons. The second-order valence-corrected chi connectivity index (χ2v) is 19.7. The first kappa shape index (κ1) is 50.8. The van der Waals surface area contributed by atoms with E-state index in [4.69, 9.17) is 4.74 Å². The maximum absolute atomic E-state index is 13.8. The number of alkyl carbamates (subject to hydrolysis) is 1. The standard InChI is InChI=1S/C45H70N8O9S/c1-7-14-35(49-42(56)36(25-29(2)3)50-43(57)39(32-17-12-9-13-18-32)52-45(59)62-28-30(4)5)40(55)44(58)47-27-37(54)51-38(41-46-23-24-53(41)6)33-19-21-34(22-20-33)63(60,61)48-26-31-15-10-8-11-16-31/h19-24,29-32,35-36,38-39,48H,7-18,25-28H2,1-6H3,(H,47,58)(H,49,56)(H,50,57)(H,51,54)(H,52,59). The average molecular weight is 899 g/mol. The summed E-state index contributed by atoms with van der Waals surface area (Å²) in [4.78, 5) is 85.0. The quantitative estimate of drug-likeness (QED) is 0.0865. The van der Waals surface area contributed by atoms with E-state index in [1.54, 1.807) is 43.1 Å². The lowest BCUT2D eigenvalue weighted by atomic mass is 9.83. The molecule has 1 aromatic heterocycles. The lowest BCUT2D eigenvalue weighted by Crippen LogP contribution is -2.58. The molecule has 0 spiro atoms. The first-order valence-corrected chi connectivity index (χ1v) is 24.2. The monoisotopic (exact) mass is 898 g/mol. The highest BCUT2D eigenvalue weighted by molar-refractivity contribution is 7.89. The number of Topliss-reactive ketones (excluding diaryl/α,β-unsaturated/α-hetero) is 1. The fourth-order valence-electron chi connectivity index (χ4n) is 8.18. The third-order valence-electron chi connectivity index (χ3n) is 11.6. The Morgan fingerprint density at radius 1 is 0.810 bits per heavy atom. The molecular formula is C45H70N8O9S. The second-order valence-electron chi connectivity index (χ2n) is 17.9. The zero-order chi connectivity index (χ0) is 46.1. The molecule has 2 aromatic rings. The van der Waals surface area contributed by atoms with E-state index in [1.807, 2.05) is 27.7 Å². The number of rotatable bonds is 23. The van der Waals surface area contributed by atoms with Crippen molar-refractivity contribution < 1.29 is 41.9 Å². The van der Waals surface area contributed by atoms with Crippen LogP contribution in [0, 0.1) is 23.7 Å². The Morgan fingerprint density at radius 3 is 2.03 bits per heavy atom. The first-order chi connectivity index (χ1) is 30.0. The number of ether oxygens (including phenoxy) is 1. The van der Waals surface area contributed by atoms with Gasteiger partial charge in [-0.1, -0.05) is 91.7 Å². The van der Waals surface area contributed by atoms with Gasteiger partial charge in [-0.05, 0) is 79.9 Å². The molecule has 0 saturated heterocycles. The zero-order valence-corrected chi connectivity index (χ0v) is 38.7. The largest absolute Gasteiger partial charge is 0.449 e. The molecule has 4 unspecified atom stereocenters. The summed E-state index contributed by atoms with van der Waals surface area (Å²) in [5.41, 5.74) is 0.534. The molecular weight excluding hydrogens is 829 g/mol.